The van der Waals surface area contributed by atoms with Crippen LogP contribution in [0.2, 0.25) is 0 Å². The SMILES string of the molecule is Cc1cccc(N)c1NCCN. The van der Waals surface area contributed by atoms with Gasteiger partial charge in [0.2, 0.25) is 0 Å². The number of para-hydroxylation sites is 1. The molecule has 0 bridgehead atoms. The number of nitrogens with two attached hydrogens (primary N) is 2. The molecule has 3 nitrogen and oxygen atoms in total. The van der Waals surface area contributed by atoms with Crippen LogP contribution >= 0.6 is 0 Å². The Balaban J connectivity index is 2.81. The molecule has 0 aromatic heterocycles. The second-order valence-corrected chi connectivity index (χ2v) is 2.75. The number of hydrogen-bond acceptors (Lipinski definition) is 3. The van der Waals surface area contributed by atoms with Crippen LogP contribution in [0, 0.1) is 6.92 Å². The fraction of sp³-hybridized carbons (Fsp3) is 0.333. The van der Waals surface area contributed by atoms with E-state index in [1.807, 2.05) is 25.1 Å². The number of nitrogens with one attached hydrogen (secondary N) is 1. The van der Waals surface area contributed by atoms with Gasteiger partial charge in [0.05, 0.1) is 11.4 Å². The van der Waals surface area contributed by atoms with Crippen LogP contribution in [0.5, 0.6) is 0 Å². The molecule has 66 valence electrons. The van der Waals surface area contributed by atoms with Crippen molar-refractivity contribution in [3.8, 4) is 0 Å². The van der Waals surface area contributed by atoms with Gasteiger partial charge in [-0.25, -0.2) is 0 Å². The molecule has 1 aromatic rings. The highest BCUT2D eigenvalue weighted by molar-refractivity contribution is 5.69. The van der Waals surface area contributed by atoms with E-state index >= 15 is 0 Å². The number of rotatable bonds is 3. The van der Waals surface area contributed by atoms with E-state index < -0.39 is 0 Å². The van der Waals surface area contributed by atoms with Gasteiger partial charge in [-0.3, -0.25) is 0 Å². The summed E-state index contributed by atoms with van der Waals surface area (Å²) in [6.45, 7) is 3.40. The van der Waals surface area contributed by atoms with Crippen LogP contribution in [0.1, 0.15) is 5.56 Å². The van der Waals surface area contributed by atoms with Gasteiger partial charge >= 0.3 is 0 Å². The quantitative estimate of drug-likeness (QED) is 0.584. The summed E-state index contributed by atoms with van der Waals surface area (Å²) in [5.74, 6) is 0. The minimum Gasteiger partial charge on any atom is -0.397 e. The van der Waals surface area contributed by atoms with Crippen molar-refractivity contribution < 1.29 is 0 Å². The zero-order chi connectivity index (χ0) is 8.97. The van der Waals surface area contributed by atoms with Gasteiger partial charge in [0.25, 0.3) is 0 Å². The molecule has 1 rings (SSSR count). The third kappa shape index (κ3) is 1.89. The third-order valence-electron chi connectivity index (χ3n) is 1.75. The Bertz CT molecular complexity index is 238. The van der Waals surface area contributed by atoms with E-state index in [0.717, 1.165) is 23.5 Å². The van der Waals surface area contributed by atoms with Gasteiger partial charge in [-0.15, -0.1) is 0 Å². The summed E-state index contributed by atoms with van der Waals surface area (Å²) in [6, 6.07) is 5.85. The molecule has 0 saturated heterocycles. The van der Waals surface area contributed by atoms with Gasteiger partial charge in [0.15, 0.2) is 0 Å². The molecule has 0 aliphatic rings. The molecule has 0 aliphatic heterocycles. The normalized spacial score (nSPS) is 9.83. The minimum absolute atomic E-state index is 0.619. The van der Waals surface area contributed by atoms with Crippen LogP contribution in [0.25, 0.3) is 0 Å². The standard InChI is InChI=1S/C9H15N3/c1-7-3-2-4-8(11)9(7)12-6-5-10/h2-4,12H,5-6,10-11H2,1H3. The first-order valence-corrected chi connectivity index (χ1v) is 4.04. The Morgan fingerprint density at radius 2 is 2.17 bits per heavy atom. The lowest BCUT2D eigenvalue weighted by atomic mass is 10.1. The van der Waals surface area contributed by atoms with Gasteiger partial charge in [-0.05, 0) is 18.6 Å². The van der Waals surface area contributed by atoms with Crippen molar-refractivity contribution in [2.45, 2.75) is 6.92 Å². The maximum atomic E-state index is 5.76. The number of anilines is 2. The molecule has 0 atom stereocenters. The van der Waals surface area contributed by atoms with Crippen molar-refractivity contribution in [1.82, 2.24) is 0 Å². The van der Waals surface area contributed by atoms with E-state index in [9.17, 15) is 0 Å². The lowest BCUT2D eigenvalue weighted by Crippen LogP contribution is -2.14. The predicted octanol–water partition coefficient (Wildman–Crippen LogP) is 0.948. The van der Waals surface area contributed by atoms with Crippen LogP contribution in [0.15, 0.2) is 18.2 Å². The Hall–Kier alpha value is -1.22. The average Bonchev–Trinajstić information content (AvgIpc) is 2.04. The summed E-state index contributed by atoms with van der Waals surface area (Å²) >= 11 is 0. The number of nitrogen functional groups attached to an aromatic ring is 1. The van der Waals surface area contributed by atoms with Gasteiger partial charge in [0, 0.05) is 13.1 Å². The Labute approximate surface area is 72.8 Å². The van der Waals surface area contributed by atoms with Crippen molar-refractivity contribution >= 4 is 11.4 Å². The van der Waals surface area contributed by atoms with Crippen LogP contribution in [0.3, 0.4) is 0 Å². The lowest BCUT2D eigenvalue weighted by Gasteiger charge is -2.10. The molecular weight excluding hydrogens is 150 g/mol. The second kappa shape index (κ2) is 3.97. The van der Waals surface area contributed by atoms with E-state index in [0.29, 0.717) is 6.54 Å². The molecule has 12 heavy (non-hydrogen) atoms. The first-order valence-electron chi connectivity index (χ1n) is 4.04. The van der Waals surface area contributed by atoms with Crippen molar-refractivity contribution in [2.24, 2.45) is 5.73 Å². The zero-order valence-electron chi connectivity index (χ0n) is 7.30. The Morgan fingerprint density at radius 1 is 1.42 bits per heavy atom. The van der Waals surface area contributed by atoms with Crippen LogP contribution in [0.4, 0.5) is 11.4 Å². The van der Waals surface area contributed by atoms with Crippen LogP contribution in [-0.2, 0) is 0 Å². The monoisotopic (exact) mass is 165 g/mol. The first-order chi connectivity index (χ1) is 5.75. The summed E-state index contributed by atoms with van der Waals surface area (Å²) in [4.78, 5) is 0. The van der Waals surface area contributed by atoms with Crippen molar-refractivity contribution in [1.29, 1.82) is 0 Å². The van der Waals surface area contributed by atoms with Gasteiger partial charge in [-0.1, -0.05) is 12.1 Å². The van der Waals surface area contributed by atoms with E-state index in [2.05, 4.69) is 5.32 Å². The molecule has 0 aliphatic carbocycles. The van der Waals surface area contributed by atoms with Gasteiger partial charge in [-0.2, -0.15) is 0 Å². The fourth-order valence-electron chi connectivity index (χ4n) is 1.13. The molecule has 0 saturated carbocycles. The number of aryl methyl sites for hydroxylation is 1. The van der Waals surface area contributed by atoms with Crippen molar-refractivity contribution in [2.75, 3.05) is 24.1 Å². The molecule has 1 aromatic carbocycles. The molecule has 5 N–H and O–H groups in total. The highest BCUT2D eigenvalue weighted by Gasteiger charge is 1.99. The Morgan fingerprint density at radius 3 is 2.75 bits per heavy atom. The topological polar surface area (TPSA) is 64.1 Å². The predicted molar refractivity (Wildman–Crippen MR) is 53.1 cm³/mol. The molecule has 0 radical (unpaired) electrons. The van der Waals surface area contributed by atoms with Gasteiger partial charge < -0.3 is 16.8 Å². The molecule has 3 heteroatoms. The van der Waals surface area contributed by atoms with Crippen molar-refractivity contribution in [3.63, 3.8) is 0 Å². The highest BCUT2D eigenvalue weighted by Crippen LogP contribution is 2.21. The maximum absolute atomic E-state index is 5.76. The molecule has 0 heterocycles. The molecular formula is C9H15N3. The minimum atomic E-state index is 0.619. The molecule has 0 unspecified atom stereocenters. The second-order valence-electron chi connectivity index (χ2n) is 2.75. The number of benzene rings is 1. The molecule has 0 amide bonds. The van der Waals surface area contributed by atoms with E-state index in [1.165, 1.54) is 0 Å². The largest absolute Gasteiger partial charge is 0.397 e. The maximum Gasteiger partial charge on any atom is 0.0604 e. The van der Waals surface area contributed by atoms with Crippen LogP contribution < -0.4 is 16.8 Å². The third-order valence-corrected chi connectivity index (χ3v) is 1.75. The van der Waals surface area contributed by atoms with E-state index in [-0.39, 0.29) is 0 Å². The average molecular weight is 165 g/mol. The fourth-order valence-corrected chi connectivity index (χ4v) is 1.13. The van der Waals surface area contributed by atoms with E-state index in [1.54, 1.807) is 0 Å². The zero-order valence-corrected chi connectivity index (χ0v) is 7.30. The summed E-state index contributed by atoms with van der Waals surface area (Å²) in [5, 5.41) is 3.18. The summed E-state index contributed by atoms with van der Waals surface area (Å²) in [7, 11) is 0. The first kappa shape index (κ1) is 8.87. The van der Waals surface area contributed by atoms with Crippen molar-refractivity contribution in [3.05, 3.63) is 23.8 Å². The summed E-state index contributed by atoms with van der Waals surface area (Å²) in [5.41, 5.74) is 14.1. The summed E-state index contributed by atoms with van der Waals surface area (Å²) in [6.07, 6.45) is 0. The smallest absolute Gasteiger partial charge is 0.0604 e. The highest BCUT2D eigenvalue weighted by atomic mass is 14.9. The Kier molecular flexibility index (Phi) is 2.94. The van der Waals surface area contributed by atoms with Gasteiger partial charge in [0.1, 0.15) is 0 Å². The number of hydrogen-bond donors (Lipinski definition) is 3. The molecule has 0 fully saturated rings. The lowest BCUT2D eigenvalue weighted by molar-refractivity contribution is 1.02. The van der Waals surface area contributed by atoms with E-state index in [4.69, 9.17) is 11.5 Å². The molecule has 0 spiro atoms. The summed E-state index contributed by atoms with van der Waals surface area (Å²) < 4.78 is 0. The van der Waals surface area contributed by atoms with Crippen LogP contribution in [-0.4, -0.2) is 13.1 Å².